The van der Waals surface area contributed by atoms with Crippen molar-refractivity contribution >= 4 is 0 Å². The van der Waals surface area contributed by atoms with E-state index in [1.807, 2.05) is 0 Å². The molecule has 0 saturated carbocycles. The van der Waals surface area contributed by atoms with Crippen LogP contribution in [-0.4, -0.2) is 0 Å². The third-order valence-electron chi connectivity index (χ3n) is 3.33. The van der Waals surface area contributed by atoms with Gasteiger partial charge in [-0.25, -0.2) is 0 Å². The predicted octanol–water partition coefficient (Wildman–Crippen LogP) is 4.59. The van der Waals surface area contributed by atoms with Gasteiger partial charge in [-0.15, -0.1) is 0 Å². The van der Waals surface area contributed by atoms with E-state index >= 15 is 0 Å². The summed E-state index contributed by atoms with van der Waals surface area (Å²) in [6, 6.07) is 10.4. The quantitative estimate of drug-likeness (QED) is 0.821. The lowest BCUT2D eigenvalue weighted by Crippen LogP contribution is -2.35. The molecule has 2 aromatic carbocycles. The largest absolute Gasteiger partial charge is 0.339 e. The summed E-state index contributed by atoms with van der Waals surface area (Å²) in [5.41, 5.74) is 4.77. The van der Waals surface area contributed by atoms with Crippen molar-refractivity contribution in [1.82, 2.24) is 0 Å². The predicted molar refractivity (Wildman–Crippen MR) is 73.3 cm³/mol. The summed E-state index contributed by atoms with van der Waals surface area (Å²) in [7, 11) is 0. The van der Waals surface area contributed by atoms with Gasteiger partial charge in [-0.2, -0.15) is 17.6 Å². The molecule has 1 nitrogen and oxygen atoms in total. The van der Waals surface area contributed by atoms with Gasteiger partial charge in [-0.1, -0.05) is 54.6 Å². The molecule has 0 bridgehead atoms. The second-order valence-electron chi connectivity index (χ2n) is 4.93. The number of rotatable bonds is 4. The Morgan fingerprint density at radius 3 is 1.62 bits per heavy atom. The summed E-state index contributed by atoms with van der Waals surface area (Å²) in [6.45, 7) is 1.69. The van der Waals surface area contributed by atoms with Gasteiger partial charge in [0.2, 0.25) is 0 Å². The minimum Gasteiger partial charge on any atom is -0.324 e. The smallest absolute Gasteiger partial charge is 0.324 e. The highest BCUT2D eigenvalue weighted by Crippen LogP contribution is 2.49. The van der Waals surface area contributed by atoms with Gasteiger partial charge in [-0.3, -0.25) is 0 Å². The average molecular weight is 297 g/mol. The molecule has 5 heteroatoms. The summed E-state index contributed by atoms with van der Waals surface area (Å²) in [5, 5.41) is 0. The maximum absolute atomic E-state index is 14.2. The molecule has 112 valence electrons. The molecule has 0 aliphatic carbocycles. The molecule has 0 fully saturated rings. The number of hydrogen-bond donors (Lipinski definition) is 1. The Bertz CT molecular complexity index is 591. The van der Waals surface area contributed by atoms with Crippen LogP contribution in [0.5, 0.6) is 0 Å². The van der Waals surface area contributed by atoms with E-state index in [-0.39, 0.29) is 6.04 Å². The fourth-order valence-corrected chi connectivity index (χ4v) is 2.01. The van der Waals surface area contributed by atoms with Gasteiger partial charge >= 0.3 is 11.8 Å². The number of benzene rings is 2. The van der Waals surface area contributed by atoms with Crippen molar-refractivity contribution in [2.75, 3.05) is 0 Å². The number of alkyl halides is 4. The van der Waals surface area contributed by atoms with Crippen molar-refractivity contribution in [2.24, 2.45) is 5.73 Å². The summed E-state index contributed by atoms with van der Waals surface area (Å²) >= 11 is 0. The highest BCUT2D eigenvalue weighted by Gasteiger charge is 2.58. The minimum absolute atomic E-state index is 0.345. The van der Waals surface area contributed by atoms with E-state index in [2.05, 4.69) is 0 Å². The molecule has 0 aliphatic rings. The zero-order chi connectivity index (χ0) is 15.7. The molecule has 0 spiro atoms. The lowest BCUT2D eigenvalue weighted by atomic mass is 9.95. The maximum atomic E-state index is 14.2. The van der Waals surface area contributed by atoms with Crippen LogP contribution in [0.3, 0.4) is 0 Å². The summed E-state index contributed by atoms with van der Waals surface area (Å²) < 4.78 is 56.5. The first-order valence-corrected chi connectivity index (χ1v) is 6.44. The molecule has 0 amide bonds. The molecule has 0 heterocycles. The standard InChI is InChI=1S/C16H15F4N/c1-11(21)12-7-9-14(10-8-12)16(19,20)15(17,18)13-5-3-2-4-6-13/h2-11H,21H2,1H3/t11-/m0/s1. The van der Waals surface area contributed by atoms with E-state index in [4.69, 9.17) is 5.73 Å². The average Bonchev–Trinajstić information content (AvgIpc) is 2.48. The Morgan fingerprint density at radius 2 is 1.19 bits per heavy atom. The Balaban J connectivity index is 2.40. The Labute approximate surface area is 120 Å². The van der Waals surface area contributed by atoms with E-state index in [0.29, 0.717) is 5.56 Å². The van der Waals surface area contributed by atoms with Gasteiger partial charge in [0.25, 0.3) is 0 Å². The summed E-state index contributed by atoms with van der Waals surface area (Å²) in [5.74, 6) is -8.59. The molecule has 0 unspecified atom stereocenters. The van der Waals surface area contributed by atoms with Crippen molar-refractivity contribution in [2.45, 2.75) is 24.8 Å². The highest BCUT2D eigenvalue weighted by atomic mass is 19.3. The van der Waals surface area contributed by atoms with Crippen molar-refractivity contribution in [3.8, 4) is 0 Å². The molecule has 2 N–H and O–H groups in total. The van der Waals surface area contributed by atoms with Crippen molar-refractivity contribution in [3.63, 3.8) is 0 Å². The van der Waals surface area contributed by atoms with Gasteiger partial charge in [0.15, 0.2) is 0 Å². The van der Waals surface area contributed by atoms with E-state index in [9.17, 15) is 17.6 Å². The molecule has 0 saturated heterocycles. The van der Waals surface area contributed by atoms with Crippen LogP contribution < -0.4 is 5.73 Å². The van der Waals surface area contributed by atoms with Crippen LogP contribution in [0.1, 0.15) is 29.7 Å². The number of nitrogens with two attached hydrogens (primary N) is 1. The topological polar surface area (TPSA) is 26.0 Å². The normalized spacial score (nSPS) is 14.0. The van der Waals surface area contributed by atoms with E-state index in [0.717, 1.165) is 24.3 Å². The van der Waals surface area contributed by atoms with Crippen molar-refractivity contribution in [1.29, 1.82) is 0 Å². The first-order valence-electron chi connectivity index (χ1n) is 6.44. The number of halogens is 4. The molecule has 1 atom stereocenters. The number of hydrogen-bond acceptors (Lipinski definition) is 1. The monoisotopic (exact) mass is 297 g/mol. The molecule has 2 aromatic rings. The summed E-state index contributed by atoms with van der Waals surface area (Å²) in [4.78, 5) is 0. The van der Waals surface area contributed by atoms with Crippen LogP contribution in [0.2, 0.25) is 0 Å². The SMILES string of the molecule is C[C@H](N)c1ccc(C(F)(F)C(F)(F)c2ccccc2)cc1. The second-order valence-corrected chi connectivity index (χ2v) is 4.93. The van der Waals surface area contributed by atoms with Crippen molar-refractivity contribution in [3.05, 3.63) is 71.3 Å². The second kappa shape index (κ2) is 5.48. The third-order valence-corrected chi connectivity index (χ3v) is 3.33. The van der Waals surface area contributed by atoms with E-state index in [1.54, 1.807) is 6.92 Å². The van der Waals surface area contributed by atoms with Crippen LogP contribution >= 0.6 is 0 Å². The third kappa shape index (κ3) is 2.78. The zero-order valence-corrected chi connectivity index (χ0v) is 11.4. The van der Waals surface area contributed by atoms with E-state index < -0.39 is 23.0 Å². The minimum atomic E-state index is -4.30. The lowest BCUT2D eigenvalue weighted by Gasteiger charge is -2.27. The van der Waals surface area contributed by atoms with Crippen LogP contribution in [0.15, 0.2) is 54.6 Å². The molecule has 0 aliphatic heterocycles. The van der Waals surface area contributed by atoms with Crippen LogP contribution in [0.25, 0.3) is 0 Å². The first-order chi connectivity index (χ1) is 9.76. The Hall–Kier alpha value is -1.88. The zero-order valence-electron chi connectivity index (χ0n) is 11.4. The Kier molecular flexibility index (Phi) is 4.05. The van der Waals surface area contributed by atoms with Gasteiger partial charge in [0.1, 0.15) is 0 Å². The fraction of sp³-hybridized carbons (Fsp3) is 0.250. The van der Waals surface area contributed by atoms with Gasteiger partial charge < -0.3 is 5.73 Å². The lowest BCUT2D eigenvalue weighted by molar-refractivity contribution is -0.223. The molecule has 0 aromatic heterocycles. The van der Waals surface area contributed by atoms with Crippen LogP contribution in [0.4, 0.5) is 17.6 Å². The van der Waals surface area contributed by atoms with Gasteiger partial charge in [0.05, 0.1) is 0 Å². The van der Waals surface area contributed by atoms with Crippen LogP contribution in [-0.2, 0) is 11.8 Å². The Morgan fingerprint density at radius 1 is 0.762 bits per heavy atom. The fourth-order valence-electron chi connectivity index (χ4n) is 2.01. The van der Waals surface area contributed by atoms with Gasteiger partial charge in [0, 0.05) is 17.2 Å². The molecular weight excluding hydrogens is 282 g/mol. The molecular formula is C16H15F4N. The molecule has 21 heavy (non-hydrogen) atoms. The summed E-state index contributed by atoms with van der Waals surface area (Å²) in [6.07, 6.45) is 0. The maximum Gasteiger partial charge on any atom is 0.339 e. The molecule has 0 radical (unpaired) electrons. The first kappa shape index (κ1) is 15.5. The molecule has 2 rings (SSSR count). The van der Waals surface area contributed by atoms with E-state index in [1.165, 1.54) is 30.3 Å². The van der Waals surface area contributed by atoms with Gasteiger partial charge in [-0.05, 0) is 12.5 Å². The highest BCUT2D eigenvalue weighted by molar-refractivity contribution is 5.32. The van der Waals surface area contributed by atoms with Crippen LogP contribution in [0, 0.1) is 0 Å². The van der Waals surface area contributed by atoms with Crippen molar-refractivity contribution < 1.29 is 17.6 Å².